The monoisotopic (exact) mass is 382 g/mol. The number of morpholine rings is 1. The van der Waals surface area contributed by atoms with Gasteiger partial charge in [0.1, 0.15) is 18.0 Å². The molecule has 0 amide bonds. The molecule has 0 spiro atoms. The van der Waals surface area contributed by atoms with Gasteiger partial charge in [0.15, 0.2) is 5.75 Å². The minimum atomic E-state index is -0.488. The summed E-state index contributed by atoms with van der Waals surface area (Å²) in [6.45, 7) is 2.89. The summed E-state index contributed by atoms with van der Waals surface area (Å²) in [6, 6.07) is 6.68. The summed E-state index contributed by atoms with van der Waals surface area (Å²) in [5.74, 6) is 1.45. The third-order valence-corrected chi connectivity index (χ3v) is 4.48. The smallest absolute Gasteiger partial charge is 0.311 e. The molecular weight excluding hydrogens is 364 g/mol. The minimum Gasteiger partial charge on any atom is -0.490 e. The van der Waals surface area contributed by atoms with Crippen LogP contribution in [0.3, 0.4) is 0 Å². The predicted octanol–water partition coefficient (Wildman–Crippen LogP) is 2.52. The van der Waals surface area contributed by atoms with E-state index in [-0.39, 0.29) is 11.4 Å². The topological polar surface area (TPSA) is 116 Å². The van der Waals surface area contributed by atoms with Crippen molar-refractivity contribution in [1.82, 2.24) is 15.0 Å². The van der Waals surface area contributed by atoms with Gasteiger partial charge in [-0.3, -0.25) is 10.1 Å². The third kappa shape index (κ3) is 3.49. The van der Waals surface area contributed by atoms with Crippen LogP contribution in [0.4, 0.5) is 23.0 Å². The van der Waals surface area contributed by atoms with Crippen LogP contribution in [0.15, 0.2) is 36.8 Å². The number of nitro groups is 1. The molecule has 1 fully saturated rings. The van der Waals surface area contributed by atoms with E-state index in [1.165, 1.54) is 25.6 Å². The molecule has 3 aromatic rings. The van der Waals surface area contributed by atoms with Crippen molar-refractivity contribution in [3.05, 3.63) is 46.9 Å². The summed E-state index contributed by atoms with van der Waals surface area (Å²) in [7, 11) is 1.39. The van der Waals surface area contributed by atoms with Crippen LogP contribution in [-0.4, -0.2) is 53.3 Å². The number of aromatic nitrogens is 3. The molecule has 1 N–H and O–H groups in total. The summed E-state index contributed by atoms with van der Waals surface area (Å²) in [4.78, 5) is 25.9. The Morgan fingerprint density at radius 1 is 1.21 bits per heavy atom. The van der Waals surface area contributed by atoms with Crippen molar-refractivity contribution in [2.45, 2.75) is 0 Å². The molecule has 0 aliphatic carbocycles. The number of benzene rings is 1. The normalized spacial score (nSPS) is 14.1. The van der Waals surface area contributed by atoms with Crippen LogP contribution in [0.25, 0.3) is 10.9 Å². The number of ether oxygens (including phenoxy) is 2. The van der Waals surface area contributed by atoms with Crippen molar-refractivity contribution in [3.8, 4) is 5.75 Å². The maximum Gasteiger partial charge on any atom is 0.311 e. The summed E-state index contributed by atoms with van der Waals surface area (Å²) >= 11 is 0. The Balaban J connectivity index is 1.70. The van der Waals surface area contributed by atoms with Crippen LogP contribution in [0.2, 0.25) is 0 Å². The van der Waals surface area contributed by atoms with Crippen LogP contribution in [-0.2, 0) is 4.74 Å². The second kappa shape index (κ2) is 7.61. The zero-order valence-electron chi connectivity index (χ0n) is 15.2. The molecule has 0 radical (unpaired) electrons. The molecule has 4 rings (SSSR count). The maximum atomic E-state index is 11.4. The molecule has 3 heterocycles. The van der Waals surface area contributed by atoms with Crippen LogP contribution in [0.1, 0.15) is 0 Å². The number of nitrogens with one attached hydrogen (secondary N) is 1. The molecule has 1 saturated heterocycles. The SMILES string of the molecule is COc1cc2ncnc(Nc3ccnc(N4CCOCC4)c3)c2cc1[N+](=O)[O-]. The molecule has 144 valence electrons. The zero-order chi connectivity index (χ0) is 19.5. The Morgan fingerprint density at radius 3 is 2.79 bits per heavy atom. The standard InChI is InChI=1S/C18H18N6O4/c1-27-16-10-14-13(9-15(16)24(25)26)18(21-11-20-14)22-12-2-3-19-17(8-12)23-4-6-28-7-5-23/h2-3,8-11H,4-7H2,1H3,(H,19,20,21,22). The molecule has 2 aromatic heterocycles. The quantitative estimate of drug-likeness (QED) is 0.525. The molecule has 10 heteroatoms. The number of fused-ring (bicyclic) bond motifs is 1. The van der Waals surface area contributed by atoms with Gasteiger partial charge in [-0.15, -0.1) is 0 Å². The number of nitrogens with zero attached hydrogens (tertiary/aromatic N) is 5. The Labute approximate surface area is 160 Å². The van der Waals surface area contributed by atoms with Gasteiger partial charge >= 0.3 is 5.69 Å². The van der Waals surface area contributed by atoms with Crippen molar-refractivity contribution in [2.24, 2.45) is 0 Å². The number of nitro benzene ring substituents is 1. The maximum absolute atomic E-state index is 11.4. The zero-order valence-corrected chi connectivity index (χ0v) is 15.2. The van der Waals surface area contributed by atoms with E-state index in [1.807, 2.05) is 12.1 Å². The van der Waals surface area contributed by atoms with E-state index in [1.54, 1.807) is 6.20 Å². The molecule has 28 heavy (non-hydrogen) atoms. The first-order valence-electron chi connectivity index (χ1n) is 8.68. The Morgan fingerprint density at radius 2 is 2.04 bits per heavy atom. The summed E-state index contributed by atoms with van der Waals surface area (Å²) in [6.07, 6.45) is 3.11. The van der Waals surface area contributed by atoms with Crippen molar-refractivity contribution >= 4 is 33.9 Å². The second-order valence-electron chi connectivity index (χ2n) is 6.15. The van der Waals surface area contributed by atoms with Crippen molar-refractivity contribution in [1.29, 1.82) is 0 Å². The van der Waals surface area contributed by atoms with Gasteiger partial charge in [0.2, 0.25) is 0 Å². The highest BCUT2D eigenvalue weighted by atomic mass is 16.6. The van der Waals surface area contributed by atoms with E-state index < -0.39 is 4.92 Å². The Kier molecular flexibility index (Phi) is 4.85. The fourth-order valence-electron chi connectivity index (χ4n) is 3.08. The lowest BCUT2D eigenvalue weighted by Crippen LogP contribution is -2.36. The minimum absolute atomic E-state index is 0.142. The van der Waals surface area contributed by atoms with Gasteiger partial charge in [0, 0.05) is 43.2 Å². The molecule has 1 aliphatic rings. The van der Waals surface area contributed by atoms with E-state index in [2.05, 4.69) is 25.2 Å². The Hall–Kier alpha value is -3.53. The molecule has 1 aromatic carbocycles. The molecule has 0 unspecified atom stereocenters. The highest BCUT2D eigenvalue weighted by molar-refractivity contribution is 5.93. The Bertz CT molecular complexity index is 1020. The summed E-state index contributed by atoms with van der Waals surface area (Å²) in [5, 5.41) is 15.1. The van der Waals surface area contributed by atoms with Crippen LogP contribution >= 0.6 is 0 Å². The molecule has 0 atom stereocenters. The average molecular weight is 382 g/mol. The number of hydrogen-bond acceptors (Lipinski definition) is 9. The van der Waals surface area contributed by atoms with Gasteiger partial charge in [0.25, 0.3) is 0 Å². The lowest BCUT2D eigenvalue weighted by Gasteiger charge is -2.28. The van der Waals surface area contributed by atoms with Gasteiger partial charge in [0.05, 0.1) is 36.1 Å². The molecule has 0 saturated carbocycles. The number of pyridine rings is 1. The van der Waals surface area contributed by atoms with Crippen molar-refractivity contribution < 1.29 is 14.4 Å². The third-order valence-electron chi connectivity index (χ3n) is 4.48. The fraction of sp³-hybridized carbons (Fsp3) is 0.278. The summed E-state index contributed by atoms with van der Waals surface area (Å²) < 4.78 is 10.5. The van der Waals surface area contributed by atoms with Gasteiger partial charge in [-0.05, 0) is 6.07 Å². The van der Waals surface area contributed by atoms with Gasteiger partial charge in [-0.2, -0.15) is 0 Å². The second-order valence-corrected chi connectivity index (χ2v) is 6.15. The molecular formula is C18H18N6O4. The van der Waals surface area contributed by atoms with E-state index in [0.717, 1.165) is 24.6 Å². The first-order chi connectivity index (χ1) is 13.7. The van der Waals surface area contributed by atoms with Crippen LogP contribution < -0.4 is 15.0 Å². The van der Waals surface area contributed by atoms with E-state index in [0.29, 0.717) is 29.9 Å². The van der Waals surface area contributed by atoms with E-state index in [4.69, 9.17) is 9.47 Å². The summed E-state index contributed by atoms with van der Waals surface area (Å²) in [5.41, 5.74) is 1.17. The van der Waals surface area contributed by atoms with Crippen molar-refractivity contribution in [3.63, 3.8) is 0 Å². The average Bonchev–Trinajstić information content (AvgIpc) is 2.74. The number of methoxy groups -OCH3 is 1. The van der Waals surface area contributed by atoms with Gasteiger partial charge < -0.3 is 19.7 Å². The number of hydrogen-bond donors (Lipinski definition) is 1. The first-order valence-corrected chi connectivity index (χ1v) is 8.68. The number of rotatable bonds is 5. The van der Waals surface area contributed by atoms with E-state index >= 15 is 0 Å². The van der Waals surface area contributed by atoms with Gasteiger partial charge in [-0.25, -0.2) is 15.0 Å². The van der Waals surface area contributed by atoms with Gasteiger partial charge in [-0.1, -0.05) is 0 Å². The molecule has 10 nitrogen and oxygen atoms in total. The largest absolute Gasteiger partial charge is 0.490 e. The van der Waals surface area contributed by atoms with Crippen molar-refractivity contribution in [2.75, 3.05) is 43.6 Å². The highest BCUT2D eigenvalue weighted by Crippen LogP contribution is 2.34. The highest BCUT2D eigenvalue weighted by Gasteiger charge is 2.19. The predicted molar refractivity (Wildman–Crippen MR) is 103 cm³/mol. The van der Waals surface area contributed by atoms with E-state index in [9.17, 15) is 10.1 Å². The van der Waals surface area contributed by atoms with Crippen LogP contribution in [0, 0.1) is 10.1 Å². The fourth-order valence-corrected chi connectivity index (χ4v) is 3.08. The first kappa shape index (κ1) is 17.9. The lowest BCUT2D eigenvalue weighted by atomic mass is 10.2. The lowest BCUT2D eigenvalue weighted by molar-refractivity contribution is -0.385. The molecule has 1 aliphatic heterocycles. The number of anilines is 3. The molecule has 0 bridgehead atoms. The van der Waals surface area contributed by atoms with Crippen LogP contribution in [0.5, 0.6) is 5.75 Å².